The highest BCUT2D eigenvalue weighted by Crippen LogP contribution is 2.33. The third-order valence-corrected chi connectivity index (χ3v) is 5.61. The molecule has 2 N–H and O–H groups in total. The first-order valence-corrected chi connectivity index (χ1v) is 9.71. The van der Waals surface area contributed by atoms with E-state index in [1.165, 1.54) is 11.3 Å². The number of piperidine rings is 1. The van der Waals surface area contributed by atoms with Gasteiger partial charge in [-0.3, -0.25) is 9.59 Å². The Morgan fingerprint density at radius 1 is 1.04 bits per heavy atom. The molecule has 1 aliphatic rings. The Balaban J connectivity index is 1.66. The number of amides is 2. The van der Waals surface area contributed by atoms with Gasteiger partial charge in [-0.1, -0.05) is 60.7 Å². The van der Waals surface area contributed by atoms with Crippen molar-refractivity contribution in [2.45, 2.75) is 18.9 Å². The average molecular weight is 377 g/mol. The Morgan fingerprint density at radius 2 is 1.70 bits per heavy atom. The van der Waals surface area contributed by atoms with Crippen LogP contribution in [0.25, 0.3) is 21.8 Å². The SMILES string of the molecule is O=C1CCC(NC(=O)c2sc(-c3ccccc3)nc2-c2ccccc2)CN1. The third kappa shape index (κ3) is 3.90. The number of carbonyl (C=O) groups excluding carboxylic acids is 2. The molecule has 4 rings (SSSR count). The van der Waals surface area contributed by atoms with E-state index in [2.05, 4.69) is 10.6 Å². The number of carbonyl (C=O) groups is 2. The molecule has 0 radical (unpaired) electrons. The number of nitrogens with zero attached hydrogens (tertiary/aromatic N) is 1. The van der Waals surface area contributed by atoms with E-state index in [9.17, 15) is 9.59 Å². The lowest BCUT2D eigenvalue weighted by Crippen LogP contribution is -2.47. The highest BCUT2D eigenvalue weighted by molar-refractivity contribution is 7.17. The molecule has 3 aromatic rings. The zero-order valence-electron chi connectivity index (χ0n) is 14.6. The molecule has 6 heteroatoms. The summed E-state index contributed by atoms with van der Waals surface area (Å²) in [7, 11) is 0. The van der Waals surface area contributed by atoms with Gasteiger partial charge in [-0.15, -0.1) is 11.3 Å². The lowest BCUT2D eigenvalue weighted by Gasteiger charge is -2.23. The van der Waals surface area contributed by atoms with Gasteiger partial charge in [-0.05, 0) is 6.42 Å². The normalized spacial score (nSPS) is 16.6. The monoisotopic (exact) mass is 377 g/mol. The van der Waals surface area contributed by atoms with Gasteiger partial charge in [0, 0.05) is 30.1 Å². The molecule has 0 spiro atoms. The number of rotatable bonds is 4. The molecule has 136 valence electrons. The zero-order valence-corrected chi connectivity index (χ0v) is 15.5. The molecule has 1 aliphatic heterocycles. The Hall–Kier alpha value is -2.99. The number of hydrogen-bond donors (Lipinski definition) is 2. The summed E-state index contributed by atoms with van der Waals surface area (Å²) < 4.78 is 0. The minimum absolute atomic E-state index is 0.0367. The van der Waals surface area contributed by atoms with Crippen molar-refractivity contribution in [1.29, 1.82) is 0 Å². The summed E-state index contributed by atoms with van der Waals surface area (Å²) in [4.78, 5) is 29.7. The fourth-order valence-electron chi connectivity index (χ4n) is 3.08. The summed E-state index contributed by atoms with van der Waals surface area (Å²) in [6.07, 6.45) is 1.09. The highest BCUT2D eigenvalue weighted by atomic mass is 32.1. The van der Waals surface area contributed by atoms with Crippen LogP contribution in [0.3, 0.4) is 0 Å². The van der Waals surface area contributed by atoms with Crippen LogP contribution in [-0.4, -0.2) is 29.4 Å². The summed E-state index contributed by atoms with van der Waals surface area (Å²) >= 11 is 1.39. The van der Waals surface area contributed by atoms with E-state index in [0.717, 1.165) is 16.1 Å². The molecule has 1 aromatic heterocycles. The molecule has 2 heterocycles. The molecule has 2 amide bonds. The van der Waals surface area contributed by atoms with Gasteiger partial charge < -0.3 is 10.6 Å². The molecular formula is C21H19N3O2S. The number of hydrogen-bond acceptors (Lipinski definition) is 4. The van der Waals surface area contributed by atoms with Gasteiger partial charge in [-0.2, -0.15) is 0 Å². The van der Waals surface area contributed by atoms with E-state index < -0.39 is 0 Å². The van der Waals surface area contributed by atoms with Crippen molar-refractivity contribution in [3.8, 4) is 21.8 Å². The average Bonchev–Trinajstić information content (AvgIpc) is 3.17. The molecule has 2 aromatic carbocycles. The van der Waals surface area contributed by atoms with Crippen molar-refractivity contribution < 1.29 is 9.59 Å². The van der Waals surface area contributed by atoms with Crippen molar-refractivity contribution in [3.63, 3.8) is 0 Å². The second-order valence-corrected chi connectivity index (χ2v) is 7.44. The molecule has 0 saturated carbocycles. The van der Waals surface area contributed by atoms with Crippen molar-refractivity contribution in [2.75, 3.05) is 6.54 Å². The second-order valence-electron chi connectivity index (χ2n) is 6.44. The fraction of sp³-hybridized carbons (Fsp3) is 0.190. The maximum atomic E-state index is 13.0. The summed E-state index contributed by atoms with van der Waals surface area (Å²) in [6.45, 7) is 0.468. The van der Waals surface area contributed by atoms with Gasteiger partial charge in [0.15, 0.2) is 0 Å². The maximum absolute atomic E-state index is 13.0. The second kappa shape index (κ2) is 7.72. The first-order valence-electron chi connectivity index (χ1n) is 8.90. The molecular weight excluding hydrogens is 358 g/mol. The van der Waals surface area contributed by atoms with Crippen molar-refractivity contribution >= 4 is 23.2 Å². The summed E-state index contributed by atoms with van der Waals surface area (Å²) in [5.74, 6) is -0.107. The van der Waals surface area contributed by atoms with Crippen molar-refractivity contribution in [3.05, 3.63) is 65.5 Å². The van der Waals surface area contributed by atoms with Crippen LogP contribution in [-0.2, 0) is 4.79 Å². The predicted molar refractivity (Wildman–Crippen MR) is 106 cm³/mol. The topological polar surface area (TPSA) is 71.1 Å². The van der Waals surface area contributed by atoms with E-state index in [-0.39, 0.29) is 17.9 Å². The first kappa shape index (κ1) is 17.4. The summed E-state index contributed by atoms with van der Waals surface area (Å²) in [5.41, 5.74) is 2.60. The van der Waals surface area contributed by atoms with Gasteiger partial charge in [0.2, 0.25) is 5.91 Å². The summed E-state index contributed by atoms with van der Waals surface area (Å²) in [6, 6.07) is 19.6. The number of benzene rings is 2. The van der Waals surface area contributed by atoms with E-state index in [1.54, 1.807) is 0 Å². The summed E-state index contributed by atoms with van der Waals surface area (Å²) in [5, 5.41) is 6.66. The minimum atomic E-state index is -0.144. The van der Waals surface area contributed by atoms with Crippen LogP contribution in [0.2, 0.25) is 0 Å². The van der Waals surface area contributed by atoms with Crippen LogP contribution >= 0.6 is 11.3 Å². The molecule has 5 nitrogen and oxygen atoms in total. The van der Waals surface area contributed by atoms with Gasteiger partial charge in [0.1, 0.15) is 9.88 Å². The first-order chi connectivity index (χ1) is 13.2. The smallest absolute Gasteiger partial charge is 0.263 e. The fourth-order valence-corrected chi connectivity index (χ4v) is 4.07. The van der Waals surface area contributed by atoms with E-state index >= 15 is 0 Å². The van der Waals surface area contributed by atoms with E-state index in [1.807, 2.05) is 60.7 Å². The number of thiazole rings is 1. The Bertz CT molecular complexity index is 944. The molecule has 1 atom stereocenters. The Kier molecular flexibility index (Phi) is 4.98. The standard InChI is InChI=1S/C21H19N3O2S/c25-17-12-11-16(13-22-17)23-20(26)19-18(14-7-3-1-4-8-14)24-21(27-19)15-9-5-2-6-10-15/h1-10,16H,11-13H2,(H,22,25)(H,23,26). The van der Waals surface area contributed by atoms with Gasteiger partial charge in [0.05, 0.1) is 5.69 Å². The molecule has 1 unspecified atom stereocenters. The van der Waals surface area contributed by atoms with Crippen molar-refractivity contribution in [1.82, 2.24) is 15.6 Å². The minimum Gasteiger partial charge on any atom is -0.354 e. The number of nitrogens with one attached hydrogen (secondary N) is 2. The highest BCUT2D eigenvalue weighted by Gasteiger charge is 2.24. The van der Waals surface area contributed by atoms with Gasteiger partial charge >= 0.3 is 0 Å². The Labute approximate surface area is 161 Å². The van der Waals surface area contributed by atoms with Crippen LogP contribution in [0, 0.1) is 0 Å². The van der Waals surface area contributed by atoms with Gasteiger partial charge in [0.25, 0.3) is 5.91 Å². The lowest BCUT2D eigenvalue weighted by molar-refractivity contribution is -0.122. The van der Waals surface area contributed by atoms with E-state index in [4.69, 9.17) is 4.98 Å². The zero-order chi connectivity index (χ0) is 18.6. The largest absolute Gasteiger partial charge is 0.354 e. The maximum Gasteiger partial charge on any atom is 0.263 e. The van der Waals surface area contributed by atoms with Crippen LogP contribution in [0.5, 0.6) is 0 Å². The molecule has 1 fully saturated rings. The molecule has 1 saturated heterocycles. The lowest BCUT2D eigenvalue weighted by atomic mass is 10.1. The van der Waals surface area contributed by atoms with Gasteiger partial charge in [-0.25, -0.2) is 4.98 Å². The quantitative estimate of drug-likeness (QED) is 0.731. The predicted octanol–water partition coefficient (Wildman–Crippen LogP) is 3.49. The van der Waals surface area contributed by atoms with Crippen LogP contribution < -0.4 is 10.6 Å². The molecule has 27 heavy (non-hydrogen) atoms. The number of aromatic nitrogens is 1. The van der Waals surface area contributed by atoms with Crippen LogP contribution in [0.15, 0.2) is 60.7 Å². The van der Waals surface area contributed by atoms with E-state index in [0.29, 0.717) is 30.0 Å². The molecule has 0 bridgehead atoms. The third-order valence-electron chi connectivity index (χ3n) is 4.50. The van der Waals surface area contributed by atoms with Crippen LogP contribution in [0.1, 0.15) is 22.5 Å². The van der Waals surface area contributed by atoms with Crippen molar-refractivity contribution in [2.24, 2.45) is 0 Å². The Morgan fingerprint density at radius 3 is 2.33 bits per heavy atom. The molecule has 0 aliphatic carbocycles. The van der Waals surface area contributed by atoms with Crippen LogP contribution in [0.4, 0.5) is 0 Å².